The highest BCUT2D eigenvalue weighted by molar-refractivity contribution is 5.80. The molecule has 0 saturated heterocycles. The average molecular weight is 248 g/mol. The first kappa shape index (κ1) is 12.6. The van der Waals surface area contributed by atoms with E-state index in [-0.39, 0.29) is 37.3 Å². The SMILES string of the molecule is CC(=O)CCC(=O)OC[C@@H]1Cc2ccccc2O1. The fourth-order valence-corrected chi connectivity index (χ4v) is 1.88. The Morgan fingerprint density at radius 3 is 2.83 bits per heavy atom. The molecular weight excluding hydrogens is 232 g/mol. The van der Waals surface area contributed by atoms with E-state index in [4.69, 9.17) is 9.47 Å². The molecule has 0 bridgehead atoms. The zero-order valence-electron chi connectivity index (χ0n) is 10.3. The monoisotopic (exact) mass is 248 g/mol. The van der Waals surface area contributed by atoms with Gasteiger partial charge in [-0.2, -0.15) is 0 Å². The Bertz CT molecular complexity index is 428. The molecule has 0 saturated carbocycles. The van der Waals surface area contributed by atoms with Gasteiger partial charge < -0.3 is 14.3 Å². The minimum atomic E-state index is -0.343. The molecule has 96 valence electrons. The van der Waals surface area contributed by atoms with Crippen LogP contribution in [0.25, 0.3) is 0 Å². The third kappa shape index (κ3) is 3.32. The molecule has 0 aliphatic carbocycles. The molecule has 0 amide bonds. The molecule has 1 aliphatic heterocycles. The molecule has 0 spiro atoms. The molecule has 0 radical (unpaired) electrons. The van der Waals surface area contributed by atoms with Crippen molar-refractivity contribution >= 4 is 11.8 Å². The van der Waals surface area contributed by atoms with E-state index >= 15 is 0 Å². The van der Waals surface area contributed by atoms with Crippen LogP contribution in [0.1, 0.15) is 25.3 Å². The Balaban J connectivity index is 1.73. The molecule has 0 fully saturated rings. The highest BCUT2D eigenvalue weighted by Gasteiger charge is 2.23. The smallest absolute Gasteiger partial charge is 0.306 e. The van der Waals surface area contributed by atoms with Crippen molar-refractivity contribution in [3.8, 4) is 5.75 Å². The number of hydrogen-bond acceptors (Lipinski definition) is 4. The summed E-state index contributed by atoms with van der Waals surface area (Å²) in [6.45, 7) is 1.70. The number of ketones is 1. The van der Waals surface area contributed by atoms with Gasteiger partial charge in [0.2, 0.25) is 0 Å². The van der Waals surface area contributed by atoms with Gasteiger partial charge in [-0.3, -0.25) is 4.79 Å². The van der Waals surface area contributed by atoms with Gasteiger partial charge in [0.25, 0.3) is 0 Å². The first-order chi connectivity index (χ1) is 8.65. The van der Waals surface area contributed by atoms with E-state index in [0.29, 0.717) is 0 Å². The number of ether oxygens (including phenoxy) is 2. The zero-order valence-corrected chi connectivity index (χ0v) is 10.3. The van der Waals surface area contributed by atoms with Gasteiger partial charge in [-0.25, -0.2) is 0 Å². The maximum Gasteiger partial charge on any atom is 0.306 e. The van der Waals surface area contributed by atoms with Crippen molar-refractivity contribution in [1.82, 2.24) is 0 Å². The predicted molar refractivity (Wildman–Crippen MR) is 65.4 cm³/mol. The Labute approximate surface area is 106 Å². The topological polar surface area (TPSA) is 52.6 Å². The maximum absolute atomic E-state index is 11.3. The van der Waals surface area contributed by atoms with Crippen LogP contribution in [0, 0.1) is 0 Å². The summed E-state index contributed by atoms with van der Waals surface area (Å²) in [4.78, 5) is 22.1. The Kier molecular flexibility index (Phi) is 3.97. The molecule has 0 aromatic heterocycles. The van der Waals surface area contributed by atoms with Gasteiger partial charge in [-0.15, -0.1) is 0 Å². The molecule has 4 heteroatoms. The van der Waals surface area contributed by atoms with Crippen molar-refractivity contribution < 1.29 is 19.1 Å². The number of para-hydroxylation sites is 1. The van der Waals surface area contributed by atoms with Gasteiger partial charge in [0, 0.05) is 12.8 Å². The van der Waals surface area contributed by atoms with Gasteiger partial charge in [-0.05, 0) is 18.6 Å². The molecule has 1 aliphatic rings. The van der Waals surface area contributed by atoms with E-state index in [2.05, 4.69) is 0 Å². The second-order valence-corrected chi connectivity index (χ2v) is 4.44. The Hall–Kier alpha value is -1.84. The summed E-state index contributed by atoms with van der Waals surface area (Å²) >= 11 is 0. The standard InChI is InChI=1S/C14H16O4/c1-10(15)6-7-14(16)17-9-12-8-11-4-2-3-5-13(11)18-12/h2-5,12H,6-9H2,1H3/t12-/m0/s1. The highest BCUT2D eigenvalue weighted by Crippen LogP contribution is 2.28. The van der Waals surface area contributed by atoms with Crippen LogP contribution < -0.4 is 4.74 Å². The summed E-state index contributed by atoms with van der Waals surface area (Å²) < 4.78 is 10.7. The lowest BCUT2D eigenvalue weighted by Crippen LogP contribution is -2.23. The van der Waals surface area contributed by atoms with Crippen LogP contribution in [0.15, 0.2) is 24.3 Å². The second kappa shape index (κ2) is 5.67. The first-order valence-electron chi connectivity index (χ1n) is 6.05. The van der Waals surface area contributed by atoms with Crippen molar-refractivity contribution in [2.45, 2.75) is 32.3 Å². The van der Waals surface area contributed by atoms with E-state index in [1.807, 2.05) is 24.3 Å². The predicted octanol–water partition coefficient (Wildman–Crippen LogP) is 1.90. The van der Waals surface area contributed by atoms with Gasteiger partial charge in [0.15, 0.2) is 0 Å². The largest absolute Gasteiger partial charge is 0.486 e. The lowest BCUT2D eigenvalue weighted by atomic mass is 10.1. The second-order valence-electron chi connectivity index (χ2n) is 4.44. The molecule has 2 rings (SSSR count). The van der Waals surface area contributed by atoms with Gasteiger partial charge in [0.1, 0.15) is 24.2 Å². The number of fused-ring (bicyclic) bond motifs is 1. The number of esters is 1. The van der Waals surface area contributed by atoms with Crippen molar-refractivity contribution in [3.63, 3.8) is 0 Å². The van der Waals surface area contributed by atoms with Crippen molar-refractivity contribution in [2.24, 2.45) is 0 Å². The quantitative estimate of drug-likeness (QED) is 0.747. The van der Waals surface area contributed by atoms with Crippen molar-refractivity contribution in [2.75, 3.05) is 6.61 Å². The van der Waals surface area contributed by atoms with Crippen LogP contribution in [0.5, 0.6) is 5.75 Å². The molecular formula is C14H16O4. The van der Waals surface area contributed by atoms with E-state index in [1.165, 1.54) is 6.92 Å². The van der Waals surface area contributed by atoms with Crippen LogP contribution >= 0.6 is 0 Å². The van der Waals surface area contributed by atoms with E-state index in [1.54, 1.807) is 0 Å². The summed E-state index contributed by atoms with van der Waals surface area (Å²) in [5.41, 5.74) is 1.14. The lowest BCUT2D eigenvalue weighted by molar-refractivity contribution is -0.146. The number of hydrogen-bond donors (Lipinski definition) is 0. The average Bonchev–Trinajstić information content (AvgIpc) is 2.76. The van der Waals surface area contributed by atoms with Crippen LogP contribution in [0.2, 0.25) is 0 Å². The van der Waals surface area contributed by atoms with Crippen molar-refractivity contribution in [3.05, 3.63) is 29.8 Å². The third-order valence-electron chi connectivity index (χ3n) is 2.83. The maximum atomic E-state index is 11.3. The minimum absolute atomic E-state index is 0.00327. The van der Waals surface area contributed by atoms with E-state index < -0.39 is 0 Å². The summed E-state index contributed by atoms with van der Waals surface area (Å²) in [5.74, 6) is 0.517. The lowest BCUT2D eigenvalue weighted by Gasteiger charge is -2.10. The normalized spacial score (nSPS) is 16.8. The van der Waals surface area contributed by atoms with Crippen LogP contribution in [-0.4, -0.2) is 24.5 Å². The first-order valence-corrected chi connectivity index (χ1v) is 6.05. The third-order valence-corrected chi connectivity index (χ3v) is 2.83. The van der Waals surface area contributed by atoms with Crippen LogP contribution in [0.4, 0.5) is 0 Å². The Morgan fingerprint density at radius 2 is 2.11 bits per heavy atom. The Morgan fingerprint density at radius 1 is 1.33 bits per heavy atom. The van der Waals surface area contributed by atoms with E-state index in [9.17, 15) is 9.59 Å². The molecule has 18 heavy (non-hydrogen) atoms. The molecule has 1 atom stereocenters. The number of rotatable bonds is 5. The summed E-state index contributed by atoms with van der Waals surface area (Å²) in [7, 11) is 0. The summed E-state index contributed by atoms with van der Waals surface area (Å²) in [6.07, 6.45) is 1.04. The number of carbonyl (C=O) groups excluding carboxylic acids is 2. The van der Waals surface area contributed by atoms with Gasteiger partial charge >= 0.3 is 5.97 Å². The van der Waals surface area contributed by atoms with Crippen molar-refractivity contribution in [1.29, 1.82) is 0 Å². The van der Waals surface area contributed by atoms with E-state index in [0.717, 1.165) is 17.7 Å². The molecule has 1 aromatic carbocycles. The number of carbonyl (C=O) groups is 2. The molecule has 0 N–H and O–H groups in total. The summed E-state index contributed by atoms with van der Waals surface area (Å²) in [5, 5.41) is 0. The van der Waals surface area contributed by atoms with Crippen LogP contribution in [0.3, 0.4) is 0 Å². The highest BCUT2D eigenvalue weighted by atomic mass is 16.6. The zero-order chi connectivity index (χ0) is 13.0. The fourth-order valence-electron chi connectivity index (χ4n) is 1.88. The molecule has 0 unspecified atom stereocenters. The number of Topliss-reactive ketones (excluding diaryl/α,β-unsaturated/α-hetero) is 1. The van der Waals surface area contributed by atoms with Gasteiger partial charge in [0.05, 0.1) is 6.42 Å². The molecule has 4 nitrogen and oxygen atoms in total. The van der Waals surface area contributed by atoms with Crippen LogP contribution in [-0.2, 0) is 20.7 Å². The van der Waals surface area contributed by atoms with Gasteiger partial charge in [-0.1, -0.05) is 18.2 Å². The molecule has 1 aromatic rings. The summed E-state index contributed by atoms with van der Waals surface area (Å²) in [6, 6.07) is 7.79. The number of benzene rings is 1. The fraction of sp³-hybridized carbons (Fsp3) is 0.429. The minimum Gasteiger partial charge on any atom is -0.486 e. The molecule has 1 heterocycles.